The van der Waals surface area contributed by atoms with E-state index in [0.717, 1.165) is 0 Å². The fourth-order valence-electron chi connectivity index (χ4n) is 2.53. The van der Waals surface area contributed by atoms with Gasteiger partial charge >= 0.3 is 6.03 Å². The number of urea groups is 1. The van der Waals surface area contributed by atoms with E-state index in [2.05, 4.69) is 20.8 Å². The van der Waals surface area contributed by atoms with Crippen molar-refractivity contribution in [2.75, 3.05) is 18.0 Å². The van der Waals surface area contributed by atoms with E-state index in [1.807, 2.05) is 13.8 Å². The minimum absolute atomic E-state index is 0.132. The molecule has 0 bridgehead atoms. The molecule has 0 aliphatic carbocycles. The molecule has 1 aliphatic heterocycles. The van der Waals surface area contributed by atoms with Gasteiger partial charge in [-0.25, -0.2) is 4.79 Å². The zero-order chi connectivity index (χ0) is 18.0. The van der Waals surface area contributed by atoms with Crippen LogP contribution in [0.15, 0.2) is 28.7 Å². The van der Waals surface area contributed by atoms with E-state index in [-0.39, 0.29) is 17.9 Å². The molecular formula is C17H21N5O3. The molecule has 2 heterocycles. The second-order valence-electron chi connectivity index (χ2n) is 6.26. The number of carbonyl (C=O) groups excluding carboxylic acids is 2. The summed E-state index contributed by atoms with van der Waals surface area (Å²) in [6.07, 6.45) is 0. The summed E-state index contributed by atoms with van der Waals surface area (Å²) in [5, 5.41) is 13.5. The molecule has 3 rings (SSSR count). The number of rotatable bonds is 5. The Morgan fingerprint density at radius 3 is 2.68 bits per heavy atom. The van der Waals surface area contributed by atoms with E-state index in [4.69, 9.17) is 4.42 Å². The monoisotopic (exact) mass is 343 g/mol. The van der Waals surface area contributed by atoms with Gasteiger partial charge in [-0.2, -0.15) is 0 Å². The quantitative estimate of drug-likeness (QED) is 0.867. The molecule has 0 radical (unpaired) electrons. The Balaban J connectivity index is 1.71. The van der Waals surface area contributed by atoms with Gasteiger partial charge in [0.2, 0.25) is 11.8 Å². The van der Waals surface area contributed by atoms with Crippen molar-refractivity contribution < 1.29 is 14.0 Å². The van der Waals surface area contributed by atoms with Crippen LogP contribution in [0.3, 0.4) is 0 Å². The van der Waals surface area contributed by atoms with E-state index in [1.54, 1.807) is 36.1 Å². The molecule has 0 spiro atoms. The summed E-state index contributed by atoms with van der Waals surface area (Å²) in [5.74, 6) is 0.774. The van der Waals surface area contributed by atoms with Gasteiger partial charge < -0.3 is 15.1 Å². The first kappa shape index (κ1) is 16.9. The van der Waals surface area contributed by atoms with Crippen molar-refractivity contribution in [2.24, 2.45) is 0 Å². The summed E-state index contributed by atoms with van der Waals surface area (Å²) >= 11 is 0. The largest absolute Gasteiger partial charge is 0.423 e. The second-order valence-corrected chi connectivity index (χ2v) is 6.26. The smallest absolute Gasteiger partial charge is 0.321 e. The first-order valence-electron chi connectivity index (χ1n) is 8.25. The van der Waals surface area contributed by atoms with E-state index in [1.165, 1.54) is 0 Å². The summed E-state index contributed by atoms with van der Waals surface area (Å²) in [6, 6.07) is 6.39. The molecule has 1 aromatic heterocycles. The Morgan fingerprint density at radius 2 is 2.04 bits per heavy atom. The normalized spacial score (nSPS) is 15.4. The van der Waals surface area contributed by atoms with E-state index in [9.17, 15) is 9.59 Å². The topological polar surface area (TPSA) is 100 Å². The Hall–Kier alpha value is -2.90. The molecule has 8 heteroatoms. The average Bonchev–Trinajstić information content (AvgIpc) is 3.24. The zero-order valence-electron chi connectivity index (χ0n) is 14.4. The molecule has 0 unspecified atom stereocenters. The van der Waals surface area contributed by atoms with Crippen LogP contribution in [0.4, 0.5) is 10.5 Å². The van der Waals surface area contributed by atoms with E-state index < -0.39 is 6.04 Å². The molecule has 1 aliphatic rings. The number of carbonyl (C=O) groups is 2. The van der Waals surface area contributed by atoms with Crippen LogP contribution in [-0.4, -0.2) is 35.2 Å². The van der Waals surface area contributed by atoms with Crippen LogP contribution in [0.5, 0.6) is 0 Å². The third-order valence-electron chi connectivity index (χ3n) is 3.94. The van der Waals surface area contributed by atoms with Crippen molar-refractivity contribution >= 4 is 17.6 Å². The lowest BCUT2D eigenvalue weighted by molar-refractivity contribution is 0.0933. The molecular weight excluding hydrogens is 322 g/mol. The van der Waals surface area contributed by atoms with Gasteiger partial charge in [0.15, 0.2) is 0 Å². The van der Waals surface area contributed by atoms with Gasteiger partial charge in [0.1, 0.15) is 6.04 Å². The predicted octanol–water partition coefficient (Wildman–Crippen LogP) is 2.21. The van der Waals surface area contributed by atoms with Crippen molar-refractivity contribution in [2.45, 2.75) is 32.7 Å². The lowest BCUT2D eigenvalue weighted by atomic mass is 10.1. The first-order valence-corrected chi connectivity index (χ1v) is 8.25. The number of nitrogens with zero attached hydrogens (tertiary/aromatic N) is 3. The molecule has 3 amide bonds. The Kier molecular flexibility index (Phi) is 4.69. The molecule has 2 aromatic rings. The summed E-state index contributed by atoms with van der Waals surface area (Å²) < 4.78 is 5.56. The minimum Gasteiger partial charge on any atom is -0.423 e. The number of nitrogens with one attached hydrogen (secondary N) is 2. The third kappa shape index (κ3) is 3.62. The fraction of sp³-hybridized carbons (Fsp3) is 0.412. The molecule has 0 saturated carbocycles. The number of amides is 3. The lowest BCUT2D eigenvalue weighted by Crippen LogP contribution is -2.29. The molecule has 25 heavy (non-hydrogen) atoms. The minimum atomic E-state index is -0.411. The summed E-state index contributed by atoms with van der Waals surface area (Å²) in [5.41, 5.74) is 1.16. The molecule has 2 N–H and O–H groups in total. The van der Waals surface area contributed by atoms with E-state index >= 15 is 0 Å². The molecule has 1 aromatic carbocycles. The highest BCUT2D eigenvalue weighted by Crippen LogP contribution is 2.20. The first-order chi connectivity index (χ1) is 12.0. The zero-order valence-corrected chi connectivity index (χ0v) is 14.4. The highest BCUT2D eigenvalue weighted by molar-refractivity contribution is 5.98. The Labute approximate surface area is 145 Å². The predicted molar refractivity (Wildman–Crippen MR) is 91.5 cm³/mol. The number of hydrogen-bond donors (Lipinski definition) is 2. The van der Waals surface area contributed by atoms with Crippen LogP contribution in [0.1, 0.15) is 54.9 Å². The van der Waals surface area contributed by atoms with Gasteiger partial charge in [-0.3, -0.25) is 9.69 Å². The lowest BCUT2D eigenvalue weighted by Gasteiger charge is -2.16. The van der Waals surface area contributed by atoms with Gasteiger partial charge in [-0.1, -0.05) is 19.9 Å². The Bertz CT molecular complexity index is 786. The van der Waals surface area contributed by atoms with Gasteiger partial charge in [0, 0.05) is 30.3 Å². The van der Waals surface area contributed by atoms with E-state index in [0.29, 0.717) is 36.1 Å². The highest BCUT2D eigenvalue weighted by atomic mass is 16.4. The summed E-state index contributed by atoms with van der Waals surface area (Å²) in [6.45, 7) is 6.89. The van der Waals surface area contributed by atoms with Crippen LogP contribution in [-0.2, 0) is 0 Å². The highest BCUT2D eigenvalue weighted by Gasteiger charge is 2.23. The van der Waals surface area contributed by atoms with Crippen LogP contribution in [0.2, 0.25) is 0 Å². The van der Waals surface area contributed by atoms with Crippen molar-refractivity contribution in [1.29, 1.82) is 0 Å². The maximum atomic E-state index is 12.5. The van der Waals surface area contributed by atoms with Crippen LogP contribution in [0.25, 0.3) is 0 Å². The van der Waals surface area contributed by atoms with Gasteiger partial charge in [0.05, 0.1) is 0 Å². The van der Waals surface area contributed by atoms with Crippen LogP contribution >= 0.6 is 0 Å². The molecule has 1 saturated heterocycles. The summed E-state index contributed by atoms with van der Waals surface area (Å²) in [4.78, 5) is 25.9. The van der Waals surface area contributed by atoms with Crippen LogP contribution < -0.4 is 15.5 Å². The van der Waals surface area contributed by atoms with Crippen molar-refractivity contribution in [3.63, 3.8) is 0 Å². The number of benzene rings is 1. The van der Waals surface area contributed by atoms with Crippen molar-refractivity contribution in [3.05, 3.63) is 41.6 Å². The van der Waals surface area contributed by atoms with Crippen molar-refractivity contribution in [1.82, 2.24) is 20.8 Å². The van der Waals surface area contributed by atoms with Gasteiger partial charge in [-0.05, 0) is 25.1 Å². The standard InChI is InChI=1S/C17H21N5O3/c1-10(2)15-20-21-16(25-15)11(3)19-14(23)12-5-4-6-13(9-12)22-8-7-18-17(22)24/h4-6,9-11H,7-8H2,1-3H3,(H,18,24)(H,19,23)/t11-/m1/s1. The fourth-order valence-corrected chi connectivity index (χ4v) is 2.53. The maximum Gasteiger partial charge on any atom is 0.321 e. The average molecular weight is 343 g/mol. The van der Waals surface area contributed by atoms with Gasteiger partial charge in [0.25, 0.3) is 5.91 Å². The maximum absolute atomic E-state index is 12.5. The Morgan fingerprint density at radius 1 is 1.28 bits per heavy atom. The van der Waals surface area contributed by atoms with Crippen LogP contribution in [0, 0.1) is 0 Å². The summed E-state index contributed by atoms with van der Waals surface area (Å²) in [7, 11) is 0. The number of aromatic nitrogens is 2. The number of hydrogen-bond acceptors (Lipinski definition) is 5. The molecule has 132 valence electrons. The third-order valence-corrected chi connectivity index (χ3v) is 3.94. The molecule has 1 atom stereocenters. The molecule has 8 nitrogen and oxygen atoms in total. The number of anilines is 1. The second kappa shape index (κ2) is 6.92. The van der Waals surface area contributed by atoms with Gasteiger partial charge in [-0.15, -0.1) is 10.2 Å². The molecule has 1 fully saturated rings. The SMILES string of the molecule is CC(C)c1nnc([C@@H](C)NC(=O)c2cccc(N3CCNC3=O)c2)o1. The van der Waals surface area contributed by atoms with Crippen molar-refractivity contribution in [3.8, 4) is 0 Å².